The SMILES string of the molecule is O=C1c2cccc3ccc4cc(-c5ccc(-c6nc7ccccc7n6-c6ccccc6)cc5)c5cccc1c5c4c23. The van der Waals surface area contributed by atoms with Crippen molar-refractivity contribution in [1.29, 1.82) is 0 Å². The molecule has 1 aromatic heterocycles. The monoisotopic (exact) mass is 522 g/mol. The summed E-state index contributed by atoms with van der Waals surface area (Å²) in [6.07, 6.45) is 0. The number of imidazole rings is 1. The van der Waals surface area contributed by atoms with E-state index in [1.165, 1.54) is 5.39 Å². The van der Waals surface area contributed by atoms with Crippen molar-refractivity contribution in [1.82, 2.24) is 9.55 Å². The number of carbonyl (C=O) groups is 1. The van der Waals surface area contributed by atoms with Crippen LogP contribution in [0.2, 0.25) is 0 Å². The first-order valence-electron chi connectivity index (χ1n) is 13.9. The van der Waals surface area contributed by atoms with Gasteiger partial charge in [-0.2, -0.15) is 0 Å². The predicted octanol–water partition coefficient (Wildman–Crippen LogP) is 9.36. The first-order chi connectivity index (χ1) is 20.3. The van der Waals surface area contributed by atoms with Crippen molar-refractivity contribution < 1.29 is 4.79 Å². The normalized spacial score (nSPS) is 12.4. The fourth-order valence-corrected chi connectivity index (χ4v) is 6.68. The number of ketones is 1. The number of hydrogen-bond donors (Lipinski definition) is 0. The minimum atomic E-state index is 0.105. The zero-order chi connectivity index (χ0) is 27.1. The fourth-order valence-electron chi connectivity index (χ4n) is 6.68. The van der Waals surface area contributed by atoms with E-state index in [0.29, 0.717) is 0 Å². The summed E-state index contributed by atoms with van der Waals surface area (Å²) in [5.74, 6) is 1.02. The molecule has 1 aliphatic rings. The summed E-state index contributed by atoms with van der Waals surface area (Å²) >= 11 is 0. The van der Waals surface area contributed by atoms with E-state index >= 15 is 0 Å². The second kappa shape index (κ2) is 8.23. The molecule has 0 radical (unpaired) electrons. The summed E-state index contributed by atoms with van der Waals surface area (Å²) in [5, 5.41) is 6.68. The minimum Gasteiger partial charge on any atom is -0.292 e. The van der Waals surface area contributed by atoms with Crippen LogP contribution in [0.25, 0.3) is 71.6 Å². The number of fused-ring (bicyclic) bond motifs is 1. The largest absolute Gasteiger partial charge is 0.292 e. The van der Waals surface area contributed by atoms with Crippen LogP contribution in [0.15, 0.2) is 133 Å². The molecule has 190 valence electrons. The van der Waals surface area contributed by atoms with Crippen LogP contribution in [-0.4, -0.2) is 15.3 Å². The number of hydrogen-bond acceptors (Lipinski definition) is 2. The summed E-state index contributed by atoms with van der Waals surface area (Å²) in [7, 11) is 0. The van der Waals surface area contributed by atoms with Gasteiger partial charge in [0.05, 0.1) is 11.0 Å². The second-order valence-electron chi connectivity index (χ2n) is 10.7. The average molecular weight is 523 g/mol. The van der Waals surface area contributed by atoms with Gasteiger partial charge in [0.15, 0.2) is 5.78 Å². The third-order valence-corrected chi connectivity index (χ3v) is 8.50. The summed E-state index contributed by atoms with van der Waals surface area (Å²) in [6.45, 7) is 0. The van der Waals surface area contributed by atoms with Crippen molar-refractivity contribution >= 4 is 49.1 Å². The lowest BCUT2D eigenvalue weighted by molar-refractivity contribution is 0.104. The molecule has 0 saturated carbocycles. The quantitative estimate of drug-likeness (QED) is 0.217. The molecule has 3 heteroatoms. The van der Waals surface area contributed by atoms with Crippen LogP contribution in [-0.2, 0) is 0 Å². The number of rotatable bonds is 3. The molecule has 0 atom stereocenters. The third kappa shape index (κ3) is 3.09. The van der Waals surface area contributed by atoms with E-state index in [1.54, 1.807) is 0 Å². The Morgan fingerprint density at radius 2 is 1.22 bits per heavy atom. The van der Waals surface area contributed by atoms with Crippen molar-refractivity contribution in [2.24, 2.45) is 0 Å². The molecule has 1 heterocycles. The van der Waals surface area contributed by atoms with Gasteiger partial charge < -0.3 is 0 Å². The van der Waals surface area contributed by atoms with E-state index in [0.717, 1.165) is 77.3 Å². The standard InChI is InChI=1S/C38H22N2O/c41-37-29-12-6-8-24-18-21-26-22-31(28-11-7-13-30(37)36(28)35(26)34(24)29)23-16-19-25(20-17-23)38-39-32-14-4-5-15-33(32)40(38)27-9-2-1-3-10-27/h1-22H. The van der Waals surface area contributed by atoms with Gasteiger partial charge in [-0.3, -0.25) is 9.36 Å². The van der Waals surface area contributed by atoms with Crippen LogP contribution < -0.4 is 0 Å². The zero-order valence-corrected chi connectivity index (χ0v) is 22.0. The molecule has 0 amide bonds. The van der Waals surface area contributed by atoms with Gasteiger partial charge in [-0.15, -0.1) is 0 Å². The summed E-state index contributed by atoms with van der Waals surface area (Å²) in [4.78, 5) is 18.7. The molecule has 0 aliphatic heterocycles. The molecule has 41 heavy (non-hydrogen) atoms. The molecule has 0 fully saturated rings. The Balaban J connectivity index is 1.26. The van der Waals surface area contributed by atoms with Gasteiger partial charge in [-0.1, -0.05) is 103 Å². The van der Waals surface area contributed by atoms with E-state index in [1.807, 2.05) is 36.4 Å². The summed E-state index contributed by atoms with van der Waals surface area (Å²) in [5.41, 5.74) is 8.00. The van der Waals surface area contributed by atoms with Crippen LogP contribution in [0.3, 0.4) is 0 Å². The Bertz CT molecular complexity index is 2360. The van der Waals surface area contributed by atoms with Crippen molar-refractivity contribution in [3.63, 3.8) is 0 Å². The first-order valence-corrected chi connectivity index (χ1v) is 13.9. The molecule has 0 bridgehead atoms. The maximum Gasteiger partial charge on any atom is 0.194 e. The van der Waals surface area contributed by atoms with Crippen molar-refractivity contribution in [3.8, 4) is 28.2 Å². The lowest BCUT2D eigenvalue weighted by Crippen LogP contribution is -2.08. The van der Waals surface area contributed by atoms with Crippen molar-refractivity contribution in [2.75, 3.05) is 0 Å². The number of carbonyl (C=O) groups excluding carboxylic acids is 1. The molecule has 7 aromatic carbocycles. The summed E-state index contributed by atoms with van der Waals surface area (Å²) in [6, 6.07) is 46.1. The smallest absolute Gasteiger partial charge is 0.194 e. The average Bonchev–Trinajstić information content (AvgIpc) is 3.43. The van der Waals surface area contributed by atoms with E-state index in [-0.39, 0.29) is 5.78 Å². The molecule has 8 aromatic rings. The van der Waals surface area contributed by atoms with E-state index in [2.05, 4.69) is 102 Å². The number of benzene rings is 7. The molecule has 0 unspecified atom stereocenters. The topological polar surface area (TPSA) is 34.9 Å². The highest BCUT2D eigenvalue weighted by Gasteiger charge is 2.25. The Kier molecular flexibility index (Phi) is 4.48. The third-order valence-electron chi connectivity index (χ3n) is 8.50. The highest BCUT2D eigenvalue weighted by molar-refractivity contribution is 6.37. The van der Waals surface area contributed by atoms with Gasteiger partial charge in [-0.25, -0.2) is 4.98 Å². The lowest BCUT2D eigenvalue weighted by Gasteiger charge is -2.21. The van der Waals surface area contributed by atoms with E-state index in [4.69, 9.17) is 4.98 Å². The van der Waals surface area contributed by atoms with Gasteiger partial charge in [0.2, 0.25) is 0 Å². The van der Waals surface area contributed by atoms with Gasteiger partial charge in [-0.05, 0) is 63.0 Å². The number of aromatic nitrogens is 2. The van der Waals surface area contributed by atoms with Crippen LogP contribution in [0, 0.1) is 0 Å². The van der Waals surface area contributed by atoms with Crippen molar-refractivity contribution in [2.45, 2.75) is 0 Å². The molecular formula is C38H22N2O. The second-order valence-corrected chi connectivity index (χ2v) is 10.7. The molecule has 0 saturated heterocycles. The van der Waals surface area contributed by atoms with E-state index in [9.17, 15) is 4.79 Å². The molecule has 3 nitrogen and oxygen atoms in total. The van der Waals surface area contributed by atoms with Gasteiger partial charge in [0.1, 0.15) is 5.82 Å². The van der Waals surface area contributed by atoms with Gasteiger partial charge in [0, 0.05) is 33.2 Å². The van der Waals surface area contributed by atoms with Crippen molar-refractivity contribution in [3.05, 3.63) is 145 Å². The lowest BCUT2D eigenvalue weighted by atomic mass is 9.81. The Morgan fingerprint density at radius 3 is 2.07 bits per heavy atom. The van der Waals surface area contributed by atoms with E-state index < -0.39 is 0 Å². The van der Waals surface area contributed by atoms with Gasteiger partial charge >= 0.3 is 0 Å². The Hall–Kier alpha value is -5.54. The molecule has 0 N–H and O–H groups in total. The maximum atomic E-state index is 13.6. The Labute approximate surface area is 235 Å². The summed E-state index contributed by atoms with van der Waals surface area (Å²) < 4.78 is 2.22. The molecule has 1 aliphatic carbocycles. The minimum absolute atomic E-state index is 0.105. The van der Waals surface area contributed by atoms with Crippen LogP contribution >= 0.6 is 0 Å². The molecule has 9 rings (SSSR count). The maximum absolute atomic E-state index is 13.6. The first kappa shape index (κ1) is 22.3. The fraction of sp³-hybridized carbons (Fsp3) is 0. The number of para-hydroxylation sites is 3. The van der Waals surface area contributed by atoms with Crippen LogP contribution in [0.1, 0.15) is 15.9 Å². The molecule has 0 spiro atoms. The predicted molar refractivity (Wildman–Crippen MR) is 168 cm³/mol. The highest BCUT2D eigenvalue weighted by Crippen LogP contribution is 2.44. The number of nitrogens with zero attached hydrogens (tertiary/aromatic N) is 2. The zero-order valence-electron chi connectivity index (χ0n) is 22.0. The van der Waals surface area contributed by atoms with Crippen LogP contribution in [0.4, 0.5) is 0 Å². The molecular weight excluding hydrogens is 500 g/mol. The van der Waals surface area contributed by atoms with Crippen LogP contribution in [0.5, 0.6) is 0 Å². The van der Waals surface area contributed by atoms with Gasteiger partial charge in [0.25, 0.3) is 0 Å². The Morgan fingerprint density at radius 1 is 0.512 bits per heavy atom. The highest BCUT2D eigenvalue weighted by atomic mass is 16.1.